The number of esters is 1. The van der Waals surface area contributed by atoms with Crippen molar-refractivity contribution in [3.8, 4) is 5.75 Å². The van der Waals surface area contributed by atoms with Crippen LogP contribution in [0.5, 0.6) is 5.75 Å². The number of alkyl carbamates (subject to hydrolysis) is 1. The molecule has 34 heavy (non-hydrogen) atoms. The Bertz CT molecular complexity index is 986. The Kier molecular flexibility index (Phi) is 9.42. The third-order valence-corrected chi connectivity index (χ3v) is 4.08. The fraction of sp³-hybridized carbons (Fsp3) is 0.333. The summed E-state index contributed by atoms with van der Waals surface area (Å²) in [4.78, 5) is 47.6. The summed E-state index contributed by atoms with van der Waals surface area (Å²) in [6, 6.07) is 14.4. The van der Waals surface area contributed by atoms with E-state index in [1.165, 1.54) is 31.2 Å². The molecular weight excluding hydrogens is 442 g/mol. The zero-order chi connectivity index (χ0) is 25.1. The molecule has 10 heteroatoms. The number of hydrogen-bond donors (Lipinski definition) is 3. The van der Waals surface area contributed by atoms with Crippen molar-refractivity contribution in [1.82, 2.24) is 10.6 Å². The van der Waals surface area contributed by atoms with Gasteiger partial charge in [0.25, 0.3) is 0 Å². The minimum atomic E-state index is -0.908. The highest BCUT2D eigenvalue weighted by atomic mass is 16.6. The van der Waals surface area contributed by atoms with Gasteiger partial charge in [0.2, 0.25) is 5.91 Å². The van der Waals surface area contributed by atoms with E-state index in [2.05, 4.69) is 16.0 Å². The molecule has 10 nitrogen and oxygen atoms in total. The molecule has 0 aliphatic rings. The van der Waals surface area contributed by atoms with Crippen molar-refractivity contribution in [2.24, 2.45) is 0 Å². The Balaban J connectivity index is 1.72. The predicted octanol–water partition coefficient (Wildman–Crippen LogP) is 3.37. The second kappa shape index (κ2) is 12.2. The van der Waals surface area contributed by atoms with Gasteiger partial charge in [-0.3, -0.25) is 10.1 Å². The number of ether oxygens (including phenoxy) is 3. The number of amides is 3. The first-order valence-electron chi connectivity index (χ1n) is 10.6. The smallest absolute Gasteiger partial charge is 0.411 e. The highest BCUT2D eigenvalue weighted by Crippen LogP contribution is 2.16. The van der Waals surface area contributed by atoms with Gasteiger partial charge in [-0.25, -0.2) is 14.4 Å². The van der Waals surface area contributed by atoms with Crippen LogP contribution in [-0.4, -0.2) is 42.3 Å². The van der Waals surface area contributed by atoms with Gasteiger partial charge in [0, 0.05) is 5.69 Å². The number of hydrogen-bond acceptors (Lipinski definition) is 7. The Hall–Kier alpha value is -4.08. The van der Waals surface area contributed by atoms with Crippen molar-refractivity contribution >= 4 is 29.8 Å². The van der Waals surface area contributed by atoms with Crippen LogP contribution in [0.1, 0.15) is 33.3 Å². The SMILES string of the molecule is C[C@@H](NC(=O)OC(C)(C)C)C(=O)NCC(=O)Oc1ccc(NC(=O)OCc2ccccc2)cc1. The monoisotopic (exact) mass is 471 g/mol. The van der Waals surface area contributed by atoms with Gasteiger partial charge in [0.15, 0.2) is 0 Å². The molecule has 1 atom stereocenters. The molecule has 0 saturated carbocycles. The quantitative estimate of drug-likeness (QED) is 0.397. The third-order valence-electron chi connectivity index (χ3n) is 4.08. The van der Waals surface area contributed by atoms with E-state index in [-0.39, 0.29) is 12.4 Å². The van der Waals surface area contributed by atoms with Gasteiger partial charge in [-0.05, 0) is 57.5 Å². The molecule has 0 bridgehead atoms. The number of benzene rings is 2. The highest BCUT2D eigenvalue weighted by Gasteiger charge is 2.21. The molecule has 0 spiro atoms. The summed E-state index contributed by atoms with van der Waals surface area (Å²) >= 11 is 0. The molecule has 2 aromatic rings. The van der Waals surface area contributed by atoms with Crippen LogP contribution in [-0.2, 0) is 25.7 Å². The van der Waals surface area contributed by atoms with Crippen LogP contribution in [0.3, 0.4) is 0 Å². The van der Waals surface area contributed by atoms with Crippen molar-refractivity contribution in [2.75, 3.05) is 11.9 Å². The minimum absolute atomic E-state index is 0.139. The minimum Gasteiger partial charge on any atom is -0.444 e. The van der Waals surface area contributed by atoms with Crippen molar-refractivity contribution in [2.45, 2.75) is 45.9 Å². The Morgan fingerprint density at radius 2 is 1.56 bits per heavy atom. The molecule has 0 heterocycles. The summed E-state index contributed by atoms with van der Waals surface area (Å²) in [7, 11) is 0. The van der Waals surface area contributed by atoms with Crippen molar-refractivity contribution in [3.05, 3.63) is 60.2 Å². The molecule has 0 aliphatic carbocycles. The van der Waals surface area contributed by atoms with Gasteiger partial charge >= 0.3 is 18.2 Å². The number of carbonyl (C=O) groups is 4. The molecule has 2 aromatic carbocycles. The summed E-state index contributed by atoms with van der Waals surface area (Å²) in [6.07, 6.45) is -1.36. The topological polar surface area (TPSA) is 132 Å². The van der Waals surface area contributed by atoms with Gasteiger partial charge in [-0.1, -0.05) is 30.3 Å². The predicted molar refractivity (Wildman–Crippen MR) is 124 cm³/mol. The molecule has 0 aliphatic heterocycles. The van der Waals surface area contributed by atoms with Crippen LogP contribution >= 0.6 is 0 Å². The van der Waals surface area contributed by atoms with E-state index in [4.69, 9.17) is 14.2 Å². The molecule has 0 aromatic heterocycles. The standard InChI is InChI=1S/C24H29N3O7/c1-16(26-23(31)34-24(2,3)4)21(29)25-14-20(28)33-19-12-10-18(11-13-19)27-22(30)32-15-17-8-6-5-7-9-17/h5-13,16H,14-15H2,1-4H3,(H,25,29)(H,26,31)(H,27,30)/t16-/m1/s1. The normalized spacial score (nSPS) is 11.5. The van der Waals surface area contributed by atoms with E-state index >= 15 is 0 Å². The number of nitrogens with one attached hydrogen (secondary N) is 3. The molecule has 0 radical (unpaired) electrons. The zero-order valence-electron chi connectivity index (χ0n) is 19.5. The zero-order valence-corrected chi connectivity index (χ0v) is 19.5. The van der Waals surface area contributed by atoms with Crippen LogP contribution in [0, 0.1) is 0 Å². The van der Waals surface area contributed by atoms with Gasteiger partial charge < -0.3 is 24.8 Å². The molecule has 0 saturated heterocycles. The lowest BCUT2D eigenvalue weighted by molar-refractivity contribution is -0.135. The molecule has 3 amide bonds. The van der Waals surface area contributed by atoms with Crippen LogP contribution in [0.4, 0.5) is 15.3 Å². The summed E-state index contributed by atoms with van der Waals surface area (Å²) < 4.78 is 15.4. The summed E-state index contributed by atoms with van der Waals surface area (Å²) in [5, 5.41) is 7.33. The lowest BCUT2D eigenvalue weighted by Gasteiger charge is -2.21. The van der Waals surface area contributed by atoms with Crippen LogP contribution < -0.4 is 20.7 Å². The highest BCUT2D eigenvalue weighted by molar-refractivity contribution is 5.88. The Morgan fingerprint density at radius 3 is 2.18 bits per heavy atom. The maximum absolute atomic E-state index is 12.1. The third kappa shape index (κ3) is 10.0. The molecule has 182 valence electrons. The lowest BCUT2D eigenvalue weighted by atomic mass is 10.2. The molecule has 0 fully saturated rings. The molecular formula is C24H29N3O7. The molecule has 2 rings (SSSR count). The largest absolute Gasteiger partial charge is 0.444 e. The van der Waals surface area contributed by atoms with E-state index in [9.17, 15) is 19.2 Å². The van der Waals surface area contributed by atoms with Crippen LogP contribution in [0.15, 0.2) is 54.6 Å². The van der Waals surface area contributed by atoms with Crippen molar-refractivity contribution < 1.29 is 33.4 Å². The fourth-order valence-corrected chi connectivity index (χ4v) is 2.51. The molecule has 0 unspecified atom stereocenters. The summed E-state index contributed by atoms with van der Waals surface area (Å²) in [6.45, 7) is 6.31. The second-order valence-corrected chi connectivity index (χ2v) is 8.27. The summed E-state index contributed by atoms with van der Waals surface area (Å²) in [5.41, 5.74) is 0.618. The van der Waals surface area contributed by atoms with Crippen molar-refractivity contribution in [3.63, 3.8) is 0 Å². The van der Waals surface area contributed by atoms with E-state index in [0.717, 1.165) is 5.56 Å². The van der Waals surface area contributed by atoms with Gasteiger partial charge in [0.1, 0.15) is 30.5 Å². The van der Waals surface area contributed by atoms with E-state index in [1.54, 1.807) is 20.8 Å². The number of rotatable bonds is 8. The Labute approximate surface area is 198 Å². The Morgan fingerprint density at radius 1 is 0.912 bits per heavy atom. The average molecular weight is 472 g/mol. The lowest BCUT2D eigenvalue weighted by Crippen LogP contribution is -2.47. The van der Waals surface area contributed by atoms with Crippen LogP contribution in [0.25, 0.3) is 0 Å². The van der Waals surface area contributed by atoms with Gasteiger partial charge in [-0.2, -0.15) is 0 Å². The van der Waals surface area contributed by atoms with E-state index in [1.807, 2.05) is 30.3 Å². The van der Waals surface area contributed by atoms with E-state index < -0.39 is 42.3 Å². The molecule has 3 N–H and O–H groups in total. The average Bonchev–Trinajstić information content (AvgIpc) is 2.76. The maximum Gasteiger partial charge on any atom is 0.411 e. The first kappa shape index (κ1) is 26.2. The van der Waals surface area contributed by atoms with Gasteiger partial charge in [-0.15, -0.1) is 0 Å². The van der Waals surface area contributed by atoms with Crippen LogP contribution in [0.2, 0.25) is 0 Å². The first-order valence-corrected chi connectivity index (χ1v) is 10.6. The summed E-state index contributed by atoms with van der Waals surface area (Å²) in [5.74, 6) is -1.06. The first-order chi connectivity index (χ1) is 16.0. The second-order valence-electron chi connectivity index (χ2n) is 8.27. The maximum atomic E-state index is 12.1. The fourth-order valence-electron chi connectivity index (χ4n) is 2.51. The van der Waals surface area contributed by atoms with Gasteiger partial charge in [0.05, 0.1) is 0 Å². The van der Waals surface area contributed by atoms with Crippen molar-refractivity contribution in [1.29, 1.82) is 0 Å². The number of anilines is 1. The number of carbonyl (C=O) groups excluding carboxylic acids is 4. The van der Waals surface area contributed by atoms with E-state index in [0.29, 0.717) is 5.69 Å².